The highest BCUT2D eigenvalue weighted by Gasteiger charge is 2.28. The first-order valence-corrected chi connectivity index (χ1v) is 11.4. The summed E-state index contributed by atoms with van der Waals surface area (Å²) >= 11 is 1.61. The number of aromatic amines is 1. The molecule has 1 atom stereocenters. The van der Waals surface area contributed by atoms with E-state index in [1.165, 1.54) is 17.5 Å². The Bertz CT molecular complexity index is 1350. The number of nitrogens with one attached hydrogen (secondary N) is 3. The number of anilines is 2. The number of hydrogen-bond donors (Lipinski definition) is 3. The van der Waals surface area contributed by atoms with E-state index in [2.05, 4.69) is 30.8 Å². The van der Waals surface area contributed by atoms with Crippen LogP contribution >= 0.6 is 11.3 Å². The summed E-state index contributed by atoms with van der Waals surface area (Å²) in [5.41, 5.74) is 3.10. The predicted molar refractivity (Wildman–Crippen MR) is 126 cm³/mol. The Morgan fingerprint density at radius 2 is 2.21 bits per heavy atom. The zero-order chi connectivity index (χ0) is 22.9. The summed E-state index contributed by atoms with van der Waals surface area (Å²) in [6.45, 7) is -0.0363. The quantitative estimate of drug-likeness (QED) is 0.414. The van der Waals surface area contributed by atoms with Gasteiger partial charge in [-0.25, -0.2) is 14.8 Å². The molecule has 0 bridgehead atoms. The van der Waals surface area contributed by atoms with Gasteiger partial charge in [0.1, 0.15) is 29.6 Å². The van der Waals surface area contributed by atoms with Crippen molar-refractivity contribution >= 4 is 56.0 Å². The van der Waals surface area contributed by atoms with Crippen molar-refractivity contribution < 1.29 is 14.3 Å². The lowest BCUT2D eigenvalue weighted by Crippen LogP contribution is -2.39. The van der Waals surface area contributed by atoms with E-state index in [9.17, 15) is 9.59 Å². The maximum atomic E-state index is 12.4. The molecule has 3 heterocycles. The van der Waals surface area contributed by atoms with Crippen LogP contribution in [0.25, 0.3) is 21.1 Å². The number of fused-ring (bicyclic) bond motifs is 4. The van der Waals surface area contributed by atoms with Crippen LogP contribution < -0.4 is 10.6 Å². The molecule has 3 aromatic heterocycles. The second-order valence-corrected chi connectivity index (χ2v) is 9.06. The molecule has 0 fully saturated rings. The van der Waals surface area contributed by atoms with Crippen LogP contribution in [0.5, 0.6) is 0 Å². The molecule has 1 aromatic carbocycles. The number of hydrogen-bond acceptors (Lipinski definition) is 8. The van der Waals surface area contributed by atoms with Crippen molar-refractivity contribution in [2.24, 2.45) is 0 Å². The molecule has 33 heavy (non-hydrogen) atoms. The van der Waals surface area contributed by atoms with Gasteiger partial charge in [-0.1, -0.05) is 0 Å². The third-order valence-electron chi connectivity index (χ3n) is 5.74. The first kappa shape index (κ1) is 21.1. The van der Waals surface area contributed by atoms with Crippen molar-refractivity contribution in [3.8, 4) is 0 Å². The van der Waals surface area contributed by atoms with Crippen LogP contribution in [0.1, 0.15) is 16.9 Å². The van der Waals surface area contributed by atoms with E-state index in [1.807, 2.05) is 18.2 Å². The Labute approximate surface area is 193 Å². The first-order valence-electron chi connectivity index (χ1n) is 10.6. The number of ether oxygens (including phenoxy) is 1. The molecule has 3 N–H and O–H groups in total. The number of carbonyl (C=O) groups is 2. The van der Waals surface area contributed by atoms with Crippen LogP contribution in [-0.4, -0.2) is 63.8 Å². The molecule has 2 amide bonds. The third-order valence-corrected chi connectivity index (χ3v) is 6.90. The highest BCUT2D eigenvalue weighted by Crippen LogP contribution is 2.39. The predicted octanol–water partition coefficient (Wildman–Crippen LogP) is 2.98. The van der Waals surface area contributed by atoms with Gasteiger partial charge in [0.2, 0.25) is 5.91 Å². The Morgan fingerprint density at radius 3 is 3.06 bits per heavy atom. The molecular weight excluding hydrogens is 442 g/mol. The topological polar surface area (TPSA) is 125 Å². The van der Waals surface area contributed by atoms with Gasteiger partial charge >= 0.3 is 6.09 Å². The molecule has 1 unspecified atom stereocenters. The van der Waals surface area contributed by atoms with Crippen molar-refractivity contribution in [1.82, 2.24) is 30.4 Å². The summed E-state index contributed by atoms with van der Waals surface area (Å²) in [6, 6.07) is 5.99. The van der Waals surface area contributed by atoms with Crippen LogP contribution in [0.4, 0.5) is 16.3 Å². The molecule has 1 aliphatic rings. The largest absolute Gasteiger partial charge is 0.446 e. The summed E-state index contributed by atoms with van der Waals surface area (Å²) in [4.78, 5) is 36.2. The lowest BCUT2D eigenvalue weighted by Gasteiger charge is -2.25. The lowest BCUT2D eigenvalue weighted by molar-refractivity contribution is -0.121. The summed E-state index contributed by atoms with van der Waals surface area (Å²) in [6.07, 6.45) is 4.70. The van der Waals surface area contributed by atoms with Gasteiger partial charge in [0.05, 0.1) is 17.1 Å². The number of rotatable bonds is 5. The summed E-state index contributed by atoms with van der Waals surface area (Å²) < 4.78 is 5.66. The standard InChI is InChI=1S/C22H23N7O3S/c1-23-18(30)10-29(2)22(31)32-14-4-5-15-17(8-14)33-21-19(15)20(24-11-25-21)27-13-3-6-16-12(7-13)9-26-28-16/h3,6-7,9,11,14H,4-5,8,10H2,1-2H3,(H,23,30)(H,26,28)(H,24,25,27). The molecule has 5 rings (SSSR count). The van der Waals surface area contributed by atoms with Gasteiger partial charge in [-0.3, -0.25) is 9.89 Å². The molecule has 0 saturated carbocycles. The zero-order valence-electron chi connectivity index (χ0n) is 18.2. The van der Waals surface area contributed by atoms with Gasteiger partial charge < -0.3 is 20.3 Å². The van der Waals surface area contributed by atoms with E-state index in [0.717, 1.165) is 43.9 Å². The number of amides is 2. The van der Waals surface area contributed by atoms with Crippen molar-refractivity contribution in [1.29, 1.82) is 0 Å². The first-order chi connectivity index (χ1) is 16.0. The minimum atomic E-state index is -0.495. The minimum Gasteiger partial charge on any atom is -0.446 e. The lowest BCUT2D eigenvalue weighted by atomic mass is 9.94. The van der Waals surface area contributed by atoms with Gasteiger partial charge in [0.25, 0.3) is 0 Å². The number of H-pyrrole nitrogens is 1. The highest BCUT2D eigenvalue weighted by atomic mass is 32.1. The van der Waals surface area contributed by atoms with Crippen LogP contribution in [0, 0.1) is 0 Å². The third kappa shape index (κ3) is 4.19. The normalized spacial score (nSPS) is 15.3. The second kappa shape index (κ2) is 8.66. The van der Waals surface area contributed by atoms with E-state index >= 15 is 0 Å². The van der Waals surface area contributed by atoms with Gasteiger partial charge in [0.15, 0.2) is 0 Å². The summed E-state index contributed by atoms with van der Waals surface area (Å²) in [7, 11) is 3.09. The fraction of sp³-hybridized carbons (Fsp3) is 0.318. The van der Waals surface area contributed by atoms with Crippen LogP contribution in [0.3, 0.4) is 0 Å². The molecule has 4 aromatic rings. The van der Waals surface area contributed by atoms with Crippen molar-refractivity contribution in [3.63, 3.8) is 0 Å². The van der Waals surface area contributed by atoms with Crippen molar-refractivity contribution in [2.75, 3.05) is 26.0 Å². The zero-order valence-corrected chi connectivity index (χ0v) is 19.0. The fourth-order valence-corrected chi connectivity index (χ4v) is 5.28. The van der Waals surface area contributed by atoms with Crippen LogP contribution in [-0.2, 0) is 22.4 Å². The molecule has 0 saturated heterocycles. The van der Waals surface area contributed by atoms with E-state index in [1.54, 1.807) is 30.9 Å². The molecule has 0 spiro atoms. The van der Waals surface area contributed by atoms with E-state index < -0.39 is 6.09 Å². The van der Waals surface area contributed by atoms with Crippen molar-refractivity contribution in [3.05, 3.63) is 41.2 Å². The molecule has 10 nitrogen and oxygen atoms in total. The molecule has 0 aliphatic heterocycles. The molecule has 170 valence electrons. The summed E-state index contributed by atoms with van der Waals surface area (Å²) in [5.74, 6) is 0.525. The smallest absolute Gasteiger partial charge is 0.410 e. The monoisotopic (exact) mass is 465 g/mol. The Kier molecular flexibility index (Phi) is 5.55. The molecular formula is C22H23N7O3S. The fourth-order valence-electron chi connectivity index (χ4n) is 4.02. The molecule has 1 aliphatic carbocycles. The average molecular weight is 466 g/mol. The van der Waals surface area contributed by atoms with E-state index in [4.69, 9.17) is 4.74 Å². The minimum absolute atomic E-state index is 0.0363. The van der Waals surface area contributed by atoms with Gasteiger partial charge in [0, 0.05) is 36.5 Å². The summed E-state index contributed by atoms with van der Waals surface area (Å²) in [5, 5.41) is 15.0. The number of thiophene rings is 1. The number of aromatic nitrogens is 4. The Morgan fingerprint density at radius 1 is 1.33 bits per heavy atom. The van der Waals surface area contributed by atoms with Crippen LogP contribution in [0.15, 0.2) is 30.7 Å². The van der Waals surface area contributed by atoms with Crippen LogP contribution in [0.2, 0.25) is 0 Å². The molecule has 11 heteroatoms. The number of benzene rings is 1. The molecule has 0 radical (unpaired) electrons. The van der Waals surface area contributed by atoms with Crippen molar-refractivity contribution in [2.45, 2.75) is 25.4 Å². The second-order valence-electron chi connectivity index (χ2n) is 7.98. The van der Waals surface area contributed by atoms with Gasteiger partial charge in [-0.05, 0) is 36.6 Å². The maximum absolute atomic E-state index is 12.4. The Balaban J connectivity index is 1.35. The van der Waals surface area contributed by atoms with Gasteiger partial charge in [-0.2, -0.15) is 5.10 Å². The number of aryl methyl sites for hydroxylation is 1. The maximum Gasteiger partial charge on any atom is 0.410 e. The van der Waals surface area contributed by atoms with Gasteiger partial charge in [-0.15, -0.1) is 11.3 Å². The SMILES string of the molecule is CNC(=O)CN(C)C(=O)OC1CCc2c(sc3ncnc(Nc4ccc5[nH]ncc5c4)c23)C1. The number of likely N-dealkylation sites (N-methyl/N-ethyl adjacent to an activating group) is 2. The number of nitrogens with zero attached hydrogens (tertiary/aromatic N) is 4. The highest BCUT2D eigenvalue weighted by molar-refractivity contribution is 7.19. The number of carbonyl (C=O) groups excluding carboxylic acids is 2. The Hall–Kier alpha value is -3.73. The average Bonchev–Trinajstić information content (AvgIpc) is 3.42. The van der Waals surface area contributed by atoms with E-state index in [-0.39, 0.29) is 18.6 Å². The van der Waals surface area contributed by atoms with E-state index in [0.29, 0.717) is 12.8 Å².